The molecule has 1 atom stereocenters. The molecular weight excluding hydrogens is 400 g/mol. The lowest BCUT2D eigenvalue weighted by Gasteiger charge is -2.25. The van der Waals surface area contributed by atoms with Crippen molar-refractivity contribution in [3.63, 3.8) is 0 Å². The number of amides is 1. The fourth-order valence-electron chi connectivity index (χ4n) is 4.14. The van der Waals surface area contributed by atoms with Gasteiger partial charge in [-0.1, -0.05) is 12.1 Å². The lowest BCUT2D eigenvalue weighted by molar-refractivity contribution is -0.131. The second-order valence-electron chi connectivity index (χ2n) is 7.68. The third-order valence-electron chi connectivity index (χ3n) is 5.67. The Hall–Kier alpha value is -2.80. The van der Waals surface area contributed by atoms with Crippen molar-refractivity contribution in [2.75, 3.05) is 19.8 Å². The van der Waals surface area contributed by atoms with Crippen LogP contribution in [-0.4, -0.2) is 35.5 Å². The molecular formula is C23H24N2O4S. The molecule has 7 heteroatoms. The van der Waals surface area contributed by atoms with E-state index in [2.05, 4.69) is 11.1 Å². The van der Waals surface area contributed by atoms with Crippen LogP contribution in [0.5, 0.6) is 11.5 Å². The van der Waals surface area contributed by atoms with Crippen LogP contribution >= 0.6 is 11.3 Å². The zero-order valence-corrected chi connectivity index (χ0v) is 17.7. The monoisotopic (exact) mass is 424 g/mol. The first kappa shape index (κ1) is 19.2. The molecule has 3 aromatic rings. The first-order chi connectivity index (χ1) is 14.7. The SMILES string of the molecule is Cc1oc(-c2cccs2)nc1CC(=O)N1CCC[C@H]1c1ccc2c(c1)OCCCO2. The van der Waals surface area contributed by atoms with Crippen molar-refractivity contribution in [2.45, 2.75) is 38.6 Å². The first-order valence-electron chi connectivity index (χ1n) is 10.4. The van der Waals surface area contributed by atoms with Crippen LogP contribution in [-0.2, 0) is 11.2 Å². The smallest absolute Gasteiger partial charge is 0.236 e. The molecule has 0 bridgehead atoms. The lowest BCUT2D eigenvalue weighted by atomic mass is 10.0. The molecule has 0 N–H and O–H groups in total. The minimum atomic E-state index is 0.0543. The Bertz CT molecular complexity index is 1040. The number of oxazole rings is 1. The number of carbonyl (C=O) groups is 1. The molecule has 0 saturated carbocycles. The van der Waals surface area contributed by atoms with Crippen molar-refractivity contribution in [1.82, 2.24) is 9.88 Å². The van der Waals surface area contributed by atoms with Gasteiger partial charge in [-0.15, -0.1) is 11.3 Å². The van der Waals surface area contributed by atoms with Crippen LogP contribution in [0.1, 0.15) is 42.3 Å². The number of thiophene rings is 1. The van der Waals surface area contributed by atoms with E-state index in [1.807, 2.05) is 41.5 Å². The van der Waals surface area contributed by atoms with Gasteiger partial charge in [-0.05, 0) is 48.9 Å². The van der Waals surface area contributed by atoms with Crippen molar-refractivity contribution in [3.05, 3.63) is 52.7 Å². The molecule has 2 aliphatic rings. The molecule has 6 nitrogen and oxygen atoms in total. The molecule has 0 radical (unpaired) electrons. The van der Waals surface area contributed by atoms with Gasteiger partial charge in [0.25, 0.3) is 0 Å². The van der Waals surface area contributed by atoms with Gasteiger partial charge < -0.3 is 18.8 Å². The molecule has 0 aliphatic carbocycles. The van der Waals surface area contributed by atoms with Gasteiger partial charge >= 0.3 is 0 Å². The summed E-state index contributed by atoms with van der Waals surface area (Å²) in [4.78, 5) is 20.7. The van der Waals surface area contributed by atoms with Crippen molar-refractivity contribution in [1.29, 1.82) is 0 Å². The highest BCUT2D eigenvalue weighted by molar-refractivity contribution is 7.13. The summed E-state index contributed by atoms with van der Waals surface area (Å²) in [5, 5.41) is 1.99. The molecule has 156 valence electrons. The van der Waals surface area contributed by atoms with E-state index in [9.17, 15) is 4.79 Å². The highest BCUT2D eigenvalue weighted by atomic mass is 32.1. The summed E-state index contributed by atoms with van der Waals surface area (Å²) in [6.07, 6.45) is 3.07. The summed E-state index contributed by atoms with van der Waals surface area (Å²) in [6.45, 7) is 3.96. The van der Waals surface area contributed by atoms with Gasteiger partial charge in [0.15, 0.2) is 11.5 Å². The molecule has 0 unspecified atom stereocenters. The van der Waals surface area contributed by atoms with Crippen LogP contribution in [0.3, 0.4) is 0 Å². The van der Waals surface area contributed by atoms with Crippen molar-refractivity contribution < 1.29 is 18.7 Å². The molecule has 30 heavy (non-hydrogen) atoms. The van der Waals surface area contributed by atoms with Gasteiger partial charge in [-0.25, -0.2) is 4.98 Å². The maximum absolute atomic E-state index is 13.2. The lowest BCUT2D eigenvalue weighted by Crippen LogP contribution is -2.32. The molecule has 1 amide bonds. The average Bonchev–Trinajstić information content (AvgIpc) is 3.47. The Morgan fingerprint density at radius 3 is 2.90 bits per heavy atom. The van der Waals surface area contributed by atoms with Gasteiger partial charge in [0.2, 0.25) is 11.8 Å². The second-order valence-corrected chi connectivity index (χ2v) is 8.63. The Labute approximate surface area is 179 Å². The van der Waals surface area contributed by atoms with E-state index in [-0.39, 0.29) is 18.4 Å². The third kappa shape index (κ3) is 3.69. The largest absolute Gasteiger partial charge is 0.490 e. The highest BCUT2D eigenvalue weighted by Gasteiger charge is 2.31. The normalized spacial score (nSPS) is 18.4. The van der Waals surface area contributed by atoms with Crippen molar-refractivity contribution >= 4 is 17.2 Å². The number of hydrogen-bond acceptors (Lipinski definition) is 6. The number of aromatic nitrogens is 1. The number of rotatable bonds is 4. The number of hydrogen-bond donors (Lipinski definition) is 0. The minimum absolute atomic E-state index is 0.0543. The molecule has 2 aromatic heterocycles. The molecule has 5 rings (SSSR count). The quantitative estimate of drug-likeness (QED) is 0.603. The second kappa shape index (κ2) is 8.14. The van der Waals surface area contributed by atoms with Crippen LogP contribution in [0.4, 0.5) is 0 Å². The van der Waals surface area contributed by atoms with Crippen LogP contribution in [0.2, 0.25) is 0 Å². The summed E-state index contributed by atoms with van der Waals surface area (Å²) in [5.74, 6) is 2.94. The predicted octanol–water partition coefficient (Wildman–Crippen LogP) is 4.78. The summed E-state index contributed by atoms with van der Waals surface area (Å²) in [5.41, 5.74) is 1.81. The van der Waals surface area contributed by atoms with Crippen molar-refractivity contribution in [2.24, 2.45) is 0 Å². The molecule has 2 aliphatic heterocycles. The maximum atomic E-state index is 13.2. The summed E-state index contributed by atoms with van der Waals surface area (Å²) < 4.78 is 17.4. The fraction of sp³-hybridized carbons (Fsp3) is 0.391. The van der Waals surface area contributed by atoms with E-state index in [0.717, 1.165) is 47.7 Å². The van der Waals surface area contributed by atoms with E-state index in [1.165, 1.54) is 0 Å². The number of carbonyl (C=O) groups excluding carboxylic acids is 1. The number of fused-ring (bicyclic) bond motifs is 1. The van der Waals surface area contributed by atoms with E-state index < -0.39 is 0 Å². The highest BCUT2D eigenvalue weighted by Crippen LogP contribution is 2.38. The number of ether oxygens (including phenoxy) is 2. The standard InChI is InChI=1S/C23H24N2O4S/c1-15-17(24-23(29-15)21-6-3-12-30-21)14-22(26)25-9-2-5-18(25)16-7-8-19-20(13-16)28-11-4-10-27-19/h3,6-8,12-13,18H,2,4-5,9-11,14H2,1H3/t18-/m0/s1. The zero-order valence-electron chi connectivity index (χ0n) is 16.9. The van der Waals surface area contributed by atoms with Gasteiger partial charge in [0.1, 0.15) is 5.76 Å². The summed E-state index contributed by atoms with van der Waals surface area (Å²) >= 11 is 1.58. The summed E-state index contributed by atoms with van der Waals surface area (Å²) in [6, 6.07) is 10.1. The van der Waals surface area contributed by atoms with Crippen LogP contribution in [0, 0.1) is 6.92 Å². The van der Waals surface area contributed by atoms with Crippen LogP contribution < -0.4 is 9.47 Å². The molecule has 1 saturated heterocycles. The molecule has 4 heterocycles. The van der Waals surface area contributed by atoms with E-state index >= 15 is 0 Å². The zero-order chi connectivity index (χ0) is 20.5. The number of likely N-dealkylation sites (tertiary alicyclic amines) is 1. The Morgan fingerprint density at radius 1 is 1.20 bits per heavy atom. The number of nitrogens with zero attached hydrogens (tertiary/aromatic N) is 2. The molecule has 1 fully saturated rings. The van der Waals surface area contributed by atoms with Crippen molar-refractivity contribution in [3.8, 4) is 22.3 Å². The fourth-order valence-corrected chi connectivity index (χ4v) is 4.79. The average molecular weight is 425 g/mol. The topological polar surface area (TPSA) is 64.8 Å². The summed E-state index contributed by atoms with van der Waals surface area (Å²) in [7, 11) is 0. The van der Waals surface area contributed by atoms with Gasteiger partial charge in [0.05, 0.1) is 36.2 Å². The first-order valence-corrected chi connectivity index (χ1v) is 11.3. The predicted molar refractivity (Wildman–Crippen MR) is 114 cm³/mol. The molecule has 1 aromatic carbocycles. The maximum Gasteiger partial charge on any atom is 0.236 e. The Balaban J connectivity index is 1.34. The van der Waals surface area contributed by atoms with Crippen LogP contribution in [0.15, 0.2) is 40.1 Å². The van der Waals surface area contributed by atoms with Gasteiger partial charge in [0, 0.05) is 13.0 Å². The van der Waals surface area contributed by atoms with Gasteiger partial charge in [-0.3, -0.25) is 4.79 Å². The molecule has 0 spiro atoms. The van der Waals surface area contributed by atoms with Gasteiger partial charge in [-0.2, -0.15) is 0 Å². The van der Waals surface area contributed by atoms with E-state index in [1.54, 1.807) is 11.3 Å². The number of benzene rings is 1. The number of aryl methyl sites for hydroxylation is 1. The minimum Gasteiger partial charge on any atom is -0.490 e. The Kier molecular flexibility index (Phi) is 5.21. The van der Waals surface area contributed by atoms with E-state index in [4.69, 9.17) is 13.9 Å². The van der Waals surface area contributed by atoms with E-state index in [0.29, 0.717) is 30.6 Å². The van der Waals surface area contributed by atoms with Crippen LogP contribution in [0.25, 0.3) is 10.8 Å². The Morgan fingerprint density at radius 2 is 2.07 bits per heavy atom. The third-order valence-corrected chi connectivity index (χ3v) is 6.53.